The van der Waals surface area contributed by atoms with Gasteiger partial charge in [-0.3, -0.25) is 0 Å². The maximum Gasteiger partial charge on any atom is 0.345 e. The Bertz CT molecular complexity index is 968. The smallest absolute Gasteiger partial charge is 0.345 e. The zero-order chi connectivity index (χ0) is 20.7. The molecule has 0 atom stereocenters. The summed E-state index contributed by atoms with van der Waals surface area (Å²) >= 11 is 0. The maximum absolute atomic E-state index is 13.2. The zero-order valence-electron chi connectivity index (χ0n) is 16.7. The van der Waals surface area contributed by atoms with E-state index in [4.69, 9.17) is 4.74 Å². The average Bonchev–Trinajstić information content (AvgIpc) is 2.83. The van der Waals surface area contributed by atoms with Crippen molar-refractivity contribution in [3.8, 4) is 0 Å². The molecule has 4 aromatic rings. The number of hydrogen-bond donors (Lipinski definition) is 0. The fourth-order valence-electron chi connectivity index (χ4n) is 3.75. The average molecular weight is 413 g/mol. The summed E-state index contributed by atoms with van der Waals surface area (Å²) in [6.45, 7) is 0.290. The molecule has 3 heteroatoms. The third-order valence-electron chi connectivity index (χ3n) is 5.20. The highest BCUT2D eigenvalue weighted by Crippen LogP contribution is 2.55. The molecule has 0 N–H and O–H groups in total. The van der Waals surface area contributed by atoms with Crippen molar-refractivity contribution >= 4 is 29.1 Å². The lowest BCUT2D eigenvalue weighted by molar-refractivity contribution is -0.141. The molecule has 0 amide bonds. The fraction of sp³-hybridized carbons (Fsp3) is 0.0741. The summed E-state index contributed by atoms with van der Waals surface area (Å²) in [5, 5.41) is 3.54. The summed E-state index contributed by atoms with van der Waals surface area (Å²) < 4.78 is 5.74. The van der Waals surface area contributed by atoms with E-state index < -0.39 is 7.26 Å². The third-order valence-corrected chi connectivity index (χ3v) is 9.47. The number of ether oxygens (including phenoxy) is 1. The topological polar surface area (TPSA) is 26.3 Å². The van der Waals surface area contributed by atoms with Crippen LogP contribution in [0.2, 0.25) is 0 Å². The van der Waals surface area contributed by atoms with Gasteiger partial charge in [-0.25, -0.2) is 4.79 Å². The van der Waals surface area contributed by atoms with Gasteiger partial charge >= 0.3 is 5.97 Å². The van der Waals surface area contributed by atoms with Gasteiger partial charge in [0.15, 0.2) is 6.16 Å². The van der Waals surface area contributed by atoms with Crippen LogP contribution in [0.25, 0.3) is 0 Å². The first-order valence-electron chi connectivity index (χ1n) is 10.0. The van der Waals surface area contributed by atoms with Gasteiger partial charge in [0.25, 0.3) is 0 Å². The Morgan fingerprint density at radius 3 is 1.33 bits per heavy atom. The largest absolute Gasteiger partial charge is 0.458 e. The molecule has 0 spiro atoms. The standard InChI is InChI=1S/C27H24O2P/c28-27(29-21-23-13-5-1-6-14-23)22-30(24-15-7-2-8-16-24,25-17-9-3-10-18-25)26-19-11-4-12-20-26/h1-20H,21-22H2/q+1/i22+1,27+1. The molecular formula is C27H24O2P+. The van der Waals surface area contributed by atoms with Gasteiger partial charge in [0, 0.05) is 0 Å². The molecule has 0 fully saturated rings. The number of esters is 1. The monoisotopic (exact) mass is 413 g/mol. The van der Waals surface area contributed by atoms with Crippen LogP contribution in [0.3, 0.4) is 0 Å². The minimum Gasteiger partial charge on any atom is -0.458 e. The molecule has 0 saturated heterocycles. The van der Waals surface area contributed by atoms with Crippen LogP contribution in [0.5, 0.6) is 0 Å². The van der Waals surface area contributed by atoms with Gasteiger partial charge in [-0.2, -0.15) is 0 Å². The first kappa shape index (κ1) is 20.1. The van der Waals surface area contributed by atoms with Crippen LogP contribution >= 0.6 is 7.26 Å². The van der Waals surface area contributed by atoms with Crippen molar-refractivity contribution in [1.29, 1.82) is 0 Å². The minimum absolute atomic E-state index is 0.177. The maximum atomic E-state index is 13.2. The molecular weight excluding hydrogens is 389 g/mol. The van der Waals surface area contributed by atoms with Crippen LogP contribution in [0.15, 0.2) is 121 Å². The molecule has 2 nitrogen and oxygen atoms in total. The molecule has 0 radical (unpaired) electrons. The minimum atomic E-state index is -2.21. The Morgan fingerprint density at radius 2 is 0.933 bits per heavy atom. The molecule has 0 bridgehead atoms. The number of carbonyl (C=O) groups excluding carboxylic acids is 1. The second-order valence-corrected chi connectivity index (χ2v) is 10.6. The molecule has 0 aliphatic heterocycles. The first-order chi connectivity index (χ1) is 14.8. The summed E-state index contributed by atoms with van der Waals surface area (Å²) in [6, 6.07) is 41.0. The van der Waals surface area contributed by atoms with Crippen molar-refractivity contribution in [1.82, 2.24) is 0 Å². The Morgan fingerprint density at radius 1 is 0.567 bits per heavy atom. The lowest BCUT2D eigenvalue weighted by atomic mass is 10.2. The van der Waals surface area contributed by atoms with E-state index in [1.165, 1.54) is 15.9 Å². The van der Waals surface area contributed by atoms with Gasteiger partial charge in [0.1, 0.15) is 29.8 Å². The molecule has 148 valence electrons. The third kappa shape index (κ3) is 4.35. The van der Waals surface area contributed by atoms with Crippen LogP contribution in [0, 0.1) is 0 Å². The van der Waals surface area contributed by atoms with Gasteiger partial charge in [-0.05, 0) is 42.0 Å². The van der Waals surface area contributed by atoms with Crippen molar-refractivity contribution in [2.45, 2.75) is 6.61 Å². The molecule has 0 saturated carbocycles. The highest BCUT2D eigenvalue weighted by Gasteiger charge is 2.47. The van der Waals surface area contributed by atoms with Crippen molar-refractivity contribution in [3.63, 3.8) is 0 Å². The molecule has 0 aliphatic rings. The molecule has 4 aromatic carbocycles. The van der Waals surface area contributed by atoms with E-state index in [2.05, 4.69) is 36.4 Å². The van der Waals surface area contributed by atoms with Crippen LogP contribution in [-0.2, 0) is 16.1 Å². The SMILES string of the molecule is O=[13C]([13CH2][P+](c1ccccc1)(c1ccccc1)c1ccccc1)OCc1ccccc1. The summed E-state index contributed by atoms with van der Waals surface area (Å²) in [5.74, 6) is -0.177. The first-order valence-corrected chi connectivity index (χ1v) is 12.0. The van der Waals surface area contributed by atoms with E-state index in [1.54, 1.807) is 0 Å². The molecule has 30 heavy (non-hydrogen) atoms. The second kappa shape index (κ2) is 9.52. The Labute approximate surface area is 178 Å². The van der Waals surface area contributed by atoms with E-state index >= 15 is 0 Å². The Kier molecular flexibility index (Phi) is 6.37. The molecule has 0 aromatic heterocycles. The number of carbonyl (C=O) groups is 1. The second-order valence-electron chi connectivity index (χ2n) is 7.12. The fourth-order valence-corrected chi connectivity index (χ4v) is 7.71. The molecule has 0 unspecified atom stereocenters. The zero-order valence-corrected chi connectivity index (χ0v) is 17.6. The van der Waals surface area contributed by atoms with Crippen molar-refractivity contribution in [3.05, 3.63) is 127 Å². The predicted molar refractivity (Wildman–Crippen MR) is 126 cm³/mol. The van der Waals surface area contributed by atoms with Crippen LogP contribution in [-0.4, -0.2) is 12.1 Å². The van der Waals surface area contributed by atoms with Crippen molar-refractivity contribution < 1.29 is 9.53 Å². The lowest BCUT2D eigenvalue weighted by Gasteiger charge is -2.26. The van der Waals surface area contributed by atoms with E-state index in [0.29, 0.717) is 6.16 Å². The van der Waals surface area contributed by atoms with E-state index in [0.717, 1.165) is 5.56 Å². The van der Waals surface area contributed by atoms with Gasteiger partial charge in [0.2, 0.25) is 0 Å². The van der Waals surface area contributed by atoms with Gasteiger partial charge in [0.05, 0.1) is 0 Å². The van der Waals surface area contributed by atoms with Crippen LogP contribution < -0.4 is 15.9 Å². The normalized spacial score (nSPS) is 11.1. The summed E-state index contributed by atoms with van der Waals surface area (Å²) in [7, 11) is -2.21. The number of benzene rings is 4. The van der Waals surface area contributed by atoms with E-state index in [9.17, 15) is 4.79 Å². The molecule has 0 aliphatic carbocycles. The van der Waals surface area contributed by atoms with Crippen LogP contribution in [0.1, 0.15) is 5.56 Å². The number of rotatable bonds is 7. The van der Waals surface area contributed by atoms with Gasteiger partial charge in [-0.1, -0.05) is 84.9 Å². The van der Waals surface area contributed by atoms with Crippen molar-refractivity contribution in [2.75, 3.05) is 6.16 Å². The molecule has 4 rings (SSSR count). The quantitative estimate of drug-likeness (QED) is 0.249. The summed E-state index contributed by atoms with van der Waals surface area (Å²) in [5.41, 5.74) is 0.994. The summed E-state index contributed by atoms with van der Waals surface area (Å²) in [6.07, 6.45) is 0.331. The highest BCUT2D eigenvalue weighted by molar-refractivity contribution is 7.96. The predicted octanol–water partition coefficient (Wildman–Crippen LogP) is 4.72. The van der Waals surface area contributed by atoms with E-state index in [-0.39, 0.29) is 12.6 Å². The number of hydrogen-bond acceptors (Lipinski definition) is 2. The van der Waals surface area contributed by atoms with Crippen LogP contribution in [0.4, 0.5) is 0 Å². The Balaban J connectivity index is 1.76. The lowest BCUT2D eigenvalue weighted by Crippen LogP contribution is -2.36. The summed E-state index contributed by atoms with van der Waals surface area (Å²) in [4.78, 5) is 13.2. The highest BCUT2D eigenvalue weighted by atomic mass is 31.2. The van der Waals surface area contributed by atoms with Gasteiger partial charge in [-0.15, -0.1) is 0 Å². The van der Waals surface area contributed by atoms with Crippen molar-refractivity contribution in [2.24, 2.45) is 0 Å². The van der Waals surface area contributed by atoms with Gasteiger partial charge < -0.3 is 4.74 Å². The molecule has 0 heterocycles. The van der Waals surface area contributed by atoms with E-state index in [1.807, 2.05) is 84.9 Å². The Hall–Kier alpha value is -3.22.